The minimum Gasteiger partial charge on any atom is -0.466 e. The number of esters is 1. The highest BCUT2D eigenvalue weighted by atomic mass is 16.5. The summed E-state index contributed by atoms with van der Waals surface area (Å²) in [6.07, 6.45) is 6.64. The van der Waals surface area contributed by atoms with Gasteiger partial charge in [0.05, 0.1) is 12.0 Å². The minimum absolute atomic E-state index is 0.0659. The molecule has 0 saturated heterocycles. The topological polar surface area (TPSA) is 26.3 Å². The maximum Gasteiger partial charge on any atom is 0.312 e. The number of carbonyl (C=O) groups excluding carboxylic acids is 1. The van der Waals surface area contributed by atoms with Gasteiger partial charge in [0.2, 0.25) is 0 Å². The molecule has 1 aliphatic rings. The second-order valence-electron chi connectivity index (χ2n) is 4.60. The zero-order chi connectivity index (χ0) is 11.3. The molecule has 1 saturated carbocycles. The molecule has 0 N–H and O–H groups in total. The Morgan fingerprint density at radius 3 is 2.13 bits per heavy atom. The lowest BCUT2D eigenvalue weighted by Gasteiger charge is -2.34. The van der Waals surface area contributed by atoms with Crippen LogP contribution in [0, 0.1) is 11.3 Å². The molecule has 0 aromatic rings. The maximum absolute atomic E-state index is 12.1. The smallest absolute Gasteiger partial charge is 0.312 e. The van der Waals surface area contributed by atoms with Gasteiger partial charge in [-0.2, -0.15) is 0 Å². The molecule has 0 aliphatic heterocycles. The summed E-state index contributed by atoms with van der Waals surface area (Å²) in [5.74, 6) is 0.579. The molecule has 0 aromatic heterocycles. The van der Waals surface area contributed by atoms with Gasteiger partial charge in [-0.15, -0.1) is 0 Å². The largest absolute Gasteiger partial charge is 0.466 e. The Hall–Kier alpha value is -0.530. The third-order valence-corrected chi connectivity index (χ3v) is 3.94. The van der Waals surface area contributed by atoms with Gasteiger partial charge in [0.1, 0.15) is 0 Å². The lowest BCUT2D eigenvalue weighted by atomic mass is 9.71. The zero-order valence-electron chi connectivity index (χ0n) is 10.3. The molecule has 2 heteroatoms. The summed E-state index contributed by atoms with van der Waals surface area (Å²) in [6, 6.07) is 0. The third kappa shape index (κ3) is 2.35. The first-order valence-corrected chi connectivity index (χ1v) is 6.38. The molecule has 1 rings (SSSR count). The van der Waals surface area contributed by atoms with Crippen molar-refractivity contribution in [3.8, 4) is 0 Å². The van der Waals surface area contributed by atoms with Crippen LogP contribution in [0.1, 0.15) is 59.3 Å². The fraction of sp³-hybridized carbons (Fsp3) is 0.923. The van der Waals surface area contributed by atoms with Crippen LogP contribution in [0.2, 0.25) is 0 Å². The fourth-order valence-electron chi connectivity index (χ4n) is 3.13. The zero-order valence-corrected chi connectivity index (χ0v) is 10.3. The highest BCUT2D eigenvalue weighted by Gasteiger charge is 2.47. The number of carbonyl (C=O) groups is 1. The van der Waals surface area contributed by atoms with Gasteiger partial charge in [-0.3, -0.25) is 4.79 Å². The Kier molecular flexibility index (Phi) is 4.62. The van der Waals surface area contributed by atoms with E-state index in [0.29, 0.717) is 12.5 Å². The second kappa shape index (κ2) is 5.53. The van der Waals surface area contributed by atoms with E-state index in [4.69, 9.17) is 4.74 Å². The summed E-state index contributed by atoms with van der Waals surface area (Å²) < 4.78 is 5.27. The van der Waals surface area contributed by atoms with Crippen molar-refractivity contribution in [2.24, 2.45) is 11.3 Å². The first kappa shape index (κ1) is 12.5. The Morgan fingerprint density at radius 1 is 1.20 bits per heavy atom. The van der Waals surface area contributed by atoms with Gasteiger partial charge in [-0.1, -0.05) is 39.5 Å². The maximum atomic E-state index is 12.1. The van der Waals surface area contributed by atoms with Gasteiger partial charge in [-0.05, 0) is 25.7 Å². The summed E-state index contributed by atoms with van der Waals surface area (Å²) in [4.78, 5) is 12.1. The third-order valence-electron chi connectivity index (χ3n) is 3.94. The number of hydrogen-bond donors (Lipinski definition) is 0. The molecule has 0 heterocycles. The van der Waals surface area contributed by atoms with Crippen LogP contribution in [0.3, 0.4) is 0 Å². The van der Waals surface area contributed by atoms with Crippen molar-refractivity contribution in [3.05, 3.63) is 0 Å². The van der Waals surface area contributed by atoms with Crippen LogP contribution in [0.15, 0.2) is 0 Å². The van der Waals surface area contributed by atoms with E-state index in [1.165, 1.54) is 12.8 Å². The second-order valence-corrected chi connectivity index (χ2v) is 4.60. The van der Waals surface area contributed by atoms with Crippen molar-refractivity contribution in [2.45, 2.75) is 59.3 Å². The molecular formula is C13H24O2. The molecule has 0 aromatic carbocycles. The Balaban J connectivity index is 2.81. The van der Waals surface area contributed by atoms with E-state index in [1.54, 1.807) is 0 Å². The normalized spacial score (nSPS) is 19.5. The van der Waals surface area contributed by atoms with Crippen LogP contribution in [-0.4, -0.2) is 12.6 Å². The molecule has 2 nitrogen and oxygen atoms in total. The van der Waals surface area contributed by atoms with Crippen LogP contribution < -0.4 is 0 Å². The summed E-state index contributed by atoms with van der Waals surface area (Å²) in [6.45, 7) is 6.79. The van der Waals surface area contributed by atoms with Gasteiger partial charge in [0.25, 0.3) is 0 Å². The van der Waals surface area contributed by atoms with Crippen molar-refractivity contribution < 1.29 is 9.53 Å². The summed E-state index contributed by atoms with van der Waals surface area (Å²) in [7, 11) is 0. The molecule has 0 radical (unpaired) electrons. The predicted octanol–water partition coefficient (Wildman–Crippen LogP) is 3.55. The van der Waals surface area contributed by atoms with E-state index in [0.717, 1.165) is 25.7 Å². The van der Waals surface area contributed by atoms with E-state index in [1.807, 2.05) is 6.92 Å². The highest BCUT2D eigenvalue weighted by molar-refractivity contribution is 5.77. The number of hydrogen-bond acceptors (Lipinski definition) is 2. The van der Waals surface area contributed by atoms with Crippen molar-refractivity contribution in [2.75, 3.05) is 6.61 Å². The standard InChI is InChI=1S/C13H24O2/c1-4-11(5-2)13(9-7-8-10-13)12(14)15-6-3/h11H,4-10H2,1-3H3. The van der Waals surface area contributed by atoms with Crippen LogP contribution in [0.25, 0.3) is 0 Å². The Morgan fingerprint density at radius 2 is 1.73 bits per heavy atom. The van der Waals surface area contributed by atoms with Crippen LogP contribution in [0.4, 0.5) is 0 Å². The number of rotatable bonds is 5. The monoisotopic (exact) mass is 212 g/mol. The van der Waals surface area contributed by atoms with E-state index in [2.05, 4.69) is 13.8 Å². The summed E-state index contributed by atoms with van der Waals surface area (Å²) >= 11 is 0. The van der Waals surface area contributed by atoms with Crippen LogP contribution in [0.5, 0.6) is 0 Å². The molecule has 15 heavy (non-hydrogen) atoms. The lowest BCUT2D eigenvalue weighted by Crippen LogP contribution is -2.37. The predicted molar refractivity (Wildman–Crippen MR) is 61.6 cm³/mol. The Labute approximate surface area is 93.4 Å². The summed E-state index contributed by atoms with van der Waals surface area (Å²) in [5.41, 5.74) is -0.139. The SMILES string of the molecule is CCOC(=O)C1(C(CC)CC)CCCC1. The first-order chi connectivity index (χ1) is 7.21. The molecule has 0 atom stereocenters. The van der Waals surface area contributed by atoms with Crippen molar-refractivity contribution in [1.29, 1.82) is 0 Å². The van der Waals surface area contributed by atoms with Crippen LogP contribution >= 0.6 is 0 Å². The van der Waals surface area contributed by atoms with Gasteiger partial charge in [0, 0.05) is 0 Å². The molecule has 0 unspecified atom stereocenters. The van der Waals surface area contributed by atoms with E-state index in [9.17, 15) is 4.79 Å². The average Bonchev–Trinajstić information content (AvgIpc) is 2.70. The minimum atomic E-state index is -0.139. The van der Waals surface area contributed by atoms with E-state index < -0.39 is 0 Å². The van der Waals surface area contributed by atoms with Crippen molar-refractivity contribution in [3.63, 3.8) is 0 Å². The highest BCUT2D eigenvalue weighted by Crippen LogP contribution is 2.47. The van der Waals surface area contributed by atoms with Gasteiger partial charge in [-0.25, -0.2) is 0 Å². The first-order valence-electron chi connectivity index (χ1n) is 6.38. The molecule has 88 valence electrons. The number of ether oxygens (including phenoxy) is 1. The molecule has 0 spiro atoms. The average molecular weight is 212 g/mol. The molecule has 0 amide bonds. The molecule has 0 bridgehead atoms. The van der Waals surface area contributed by atoms with Crippen molar-refractivity contribution >= 4 is 5.97 Å². The molecule has 1 aliphatic carbocycles. The van der Waals surface area contributed by atoms with Crippen LogP contribution in [-0.2, 0) is 9.53 Å². The quantitative estimate of drug-likeness (QED) is 0.651. The fourth-order valence-corrected chi connectivity index (χ4v) is 3.13. The lowest BCUT2D eigenvalue weighted by molar-refractivity contribution is -0.159. The van der Waals surface area contributed by atoms with E-state index in [-0.39, 0.29) is 11.4 Å². The van der Waals surface area contributed by atoms with E-state index >= 15 is 0 Å². The van der Waals surface area contributed by atoms with Crippen molar-refractivity contribution in [1.82, 2.24) is 0 Å². The summed E-state index contributed by atoms with van der Waals surface area (Å²) in [5, 5.41) is 0. The van der Waals surface area contributed by atoms with Gasteiger partial charge < -0.3 is 4.74 Å². The van der Waals surface area contributed by atoms with Gasteiger partial charge >= 0.3 is 5.97 Å². The molecule has 1 fully saturated rings. The Bertz CT molecular complexity index is 201. The van der Waals surface area contributed by atoms with Gasteiger partial charge in [0.15, 0.2) is 0 Å². The molecular weight excluding hydrogens is 188 g/mol.